The molecular formula is C6H7N3O4. The van der Waals surface area contributed by atoms with Crippen LogP contribution in [0.25, 0.3) is 0 Å². The molecule has 1 rings (SSSR count). The van der Waals surface area contributed by atoms with E-state index in [0.717, 1.165) is 6.08 Å². The average Bonchev–Trinajstić information content (AvgIpc) is 2.04. The third-order valence-corrected chi connectivity index (χ3v) is 1.81. The van der Waals surface area contributed by atoms with Crippen molar-refractivity contribution in [1.82, 2.24) is 0 Å². The smallest absolute Gasteiger partial charge is 0.399 e. The van der Waals surface area contributed by atoms with Crippen LogP contribution < -0.4 is 5.73 Å². The Hall–Kier alpha value is -1.92. The Labute approximate surface area is 72.8 Å². The highest BCUT2D eigenvalue weighted by atomic mass is 16.7. The van der Waals surface area contributed by atoms with Gasteiger partial charge in [0.2, 0.25) is 0 Å². The van der Waals surface area contributed by atoms with Crippen molar-refractivity contribution in [2.75, 3.05) is 0 Å². The van der Waals surface area contributed by atoms with Crippen LogP contribution in [-0.4, -0.2) is 15.5 Å². The maximum Gasteiger partial charge on any atom is 0.481 e. The molecule has 0 atom stereocenters. The number of rotatable bonds is 2. The summed E-state index contributed by atoms with van der Waals surface area (Å²) in [5.41, 5.74) is 3.36. The summed E-state index contributed by atoms with van der Waals surface area (Å²) in [6, 6.07) is 0. The summed E-state index contributed by atoms with van der Waals surface area (Å²) in [6.45, 7) is 0. The summed E-state index contributed by atoms with van der Waals surface area (Å²) in [6.07, 6.45) is 3.04. The second kappa shape index (κ2) is 2.85. The van der Waals surface area contributed by atoms with Gasteiger partial charge in [0.05, 0.1) is 6.08 Å². The van der Waals surface area contributed by atoms with E-state index in [1.54, 1.807) is 0 Å². The second-order valence-electron chi connectivity index (χ2n) is 2.63. The Morgan fingerprint density at radius 2 is 1.92 bits per heavy atom. The maximum absolute atomic E-state index is 10.5. The lowest BCUT2D eigenvalue weighted by Gasteiger charge is -2.14. The van der Waals surface area contributed by atoms with Gasteiger partial charge >= 0.3 is 5.66 Å². The molecule has 7 heteroatoms. The van der Waals surface area contributed by atoms with Gasteiger partial charge in [-0.15, -0.1) is 0 Å². The van der Waals surface area contributed by atoms with Crippen molar-refractivity contribution in [3.63, 3.8) is 0 Å². The van der Waals surface area contributed by atoms with Gasteiger partial charge in [0, 0.05) is 5.70 Å². The summed E-state index contributed by atoms with van der Waals surface area (Å²) in [5.74, 6) is 0. The first-order chi connectivity index (χ1) is 5.99. The molecule has 13 heavy (non-hydrogen) atoms. The largest absolute Gasteiger partial charge is 0.481 e. The van der Waals surface area contributed by atoms with Crippen LogP contribution in [0.4, 0.5) is 0 Å². The Morgan fingerprint density at radius 1 is 1.38 bits per heavy atom. The molecule has 70 valence electrons. The lowest BCUT2D eigenvalue weighted by atomic mass is 10.0. The van der Waals surface area contributed by atoms with Gasteiger partial charge in [0.1, 0.15) is 16.3 Å². The van der Waals surface area contributed by atoms with E-state index in [1.807, 2.05) is 0 Å². The highest BCUT2D eigenvalue weighted by molar-refractivity contribution is 5.22. The number of nitrogens with zero attached hydrogens (tertiary/aromatic N) is 2. The van der Waals surface area contributed by atoms with Crippen LogP contribution in [0.1, 0.15) is 6.42 Å². The van der Waals surface area contributed by atoms with Gasteiger partial charge in [-0.2, -0.15) is 0 Å². The molecule has 2 N–H and O–H groups in total. The van der Waals surface area contributed by atoms with Gasteiger partial charge in [-0.05, 0) is 12.2 Å². The first-order valence-electron chi connectivity index (χ1n) is 3.43. The second-order valence-corrected chi connectivity index (χ2v) is 2.63. The molecule has 0 aromatic carbocycles. The molecular weight excluding hydrogens is 178 g/mol. The number of hydrogen-bond acceptors (Lipinski definition) is 5. The van der Waals surface area contributed by atoms with E-state index in [4.69, 9.17) is 5.73 Å². The quantitative estimate of drug-likeness (QED) is 0.370. The van der Waals surface area contributed by atoms with E-state index in [9.17, 15) is 20.2 Å². The SMILES string of the molecule is NC1=CCC([N+](=O)[O-])([N+](=O)[O-])C=C1. The summed E-state index contributed by atoms with van der Waals surface area (Å²) in [7, 11) is 0. The van der Waals surface area contributed by atoms with Crippen LogP contribution in [0, 0.1) is 20.2 Å². The van der Waals surface area contributed by atoms with Crippen LogP contribution in [-0.2, 0) is 0 Å². The molecule has 0 aromatic heterocycles. The van der Waals surface area contributed by atoms with Gasteiger partial charge in [-0.3, -0.25) is 20.2 Å². The number of allylic oxidation sites excluding steroid dienone is 1. The van der Waals surface area contributed by atoms with Crippen LogP contribution in [0.3, 0.4) is 0 Å². The lowest BCUT2D eigenvalue weighted by Crippen LogP contribution is -2.45. The highest BCUT2D eigenvalue weighted by Gasteiger charge is 2.53. The summed E-state index contributed by atoms with van der Waals surface area (Å²) in [5, 5.41) is 20.9. The van der Waals surface area contributed by atoms with Crippen molar-refractivity contribution < 1.29 is 9.85 Å². The van der Waals surface area contributed by atoms with E-state index in [2.05, 4.69) is 0 Å². The fourth-order valence-corrected chi connectivity index (χ4v) is 0.971. The summed E-state index contributed by atoms with van der Waals surface area (Å²) < 4.78 is 0. The third kappa shape index (κ3) is 1.35. The minimum Gasteiger partial charge on any atom is -0.399 e. The van der Waals surface area contributed by atoms with E-state index >= 15 is 0 Å². The van der Waals surface area contributed by atoms with Crippen LogP contribution in [0.2, 0.25) is 0 Å². The Kier molecular flexibility index (Phi) is 2.01. The standard InChI is InChI=1S/C6H7N3O4/c7-5-1-3-6(4-2-5,8(10)11)9(12)13/h1-3H,4,7H2. The van der Waals surface area contributed by atoms with Crippen LogP contribution in [0.15, 0.2) is 23.9 Å². The predicted octanol–water partition coefficient (Wildman–Crippen LogP) is 0.0386. The van der Waals surface area contributed by atoms with Crippen LogP contribution in [0.5, 0.6) is 0 Å². The van der Waals surface area contributed by atoms with Crippen molar-refractivity contribution >= 4 is 0 Å². The fraction of sp³-hybridized carbons (Fsp3) is 0.333. The number of nitro groups is 2. The van der Waals surface area contributed by atoms with Gasteiger partial charge in [0.15, 0.2) is 0 Å². The molecule has 0 radical (unpaired) electrons. The first kappa shape index (κ1) is 9.17. The first-order valence-corrected chi connectivity index (χ1v) is 3.43. The Bertz CT molecular complexity index is 306. The van der Waals surface area contributed by atoms with Crippen LogP contribution >= 0.6 is 0 Å². The zero-order valence-electron chi connectivity index (χ0n) is 6.54. The minimum atomic E-state index is -2.23. The summed E-state index contributed by atoms with van der Waals surface area (Å²) >= 11 is 0. The van der Waals surface area contributed by atoms with E-state index in [-0.39, 0.29) is 6.42 Å². The Balaban J connectivity index is 3.05. The van der Waals surface area contributed by atoms with E-state index < -0.39 is 15.5 Å². The molecule has 0 aromatic rings. The minimum absolute atomic E-state index is 0.305. The number of hydrogen-bond donors (Lipinski definition) is 1. The third-order valence-electron chi connectivity index (χ3n) is 1.81. The van der Waals surface area contributed by atoms with Crippen molar-refractivity contribution in [1.29, 1.82) is 0 Å². The molecule has 0 heterocycles. The molecule has 0 saturated heterocycles. The maximum atomic E-state index is 10.5. The molecule has 7 nitrogen and oxygen atoms in total. The van der Waals surface area contributed by atoms with Crippen molar-refractivity contribution in [3.8, 4) is 0 Å². The predicted molar refractivity (Wildman–Crippen MR) is 42.7 cm³/mol. The monoisotopic (exact) mass is 185 g/mol. The normalized spacial score (nSPS) is 19.2. The van der Waals surface area contributed by atoms with Crippen molar-refractivity contribution in [3.05, 3.63) is 44.2 Å². The van der Waals surface area contributed by atoms with E-state index in [0.29, 0.717) is 5.70 Å². The van der Waals surface area contributed by atoms with Gasteiger partial charge in [-0.1, -0.05) is 0 Å². The molecule has 0 saturated carbocycles. The molecule has 0 fully saturated rings. The molecule has 0 bridgehead atoms. The Morgan fingerprint density at radius 3 is 2.23 bits per heavy atom. The van der Waals surface area contributed by atoms with Crippen molar-refractivity contribution in [2.45, 2.75) is 12.1 Å². The topological polar surface area (TPSA) is 112 Å². The summed E-state index contributed by atoms with van der Waals surface area (Å²) in [4.78, 5) is 19.1. The van der Waals surface area contributed by atoms with E-state index in [1.165, 1.54) is 12.2 Å². The molecule has 1 aliphatic carbocycles. The number of nitrogens with two attached hydrogens (primary N) is 1. The lowest BCUT2D eigenvalue weighted by molar-refractivity contribution is -0.780. The molecule has 0 amide bonds. The molecule has 0 unspecified atom stereocenters. The van der Waals surface area contributed by atoms with Crippen molar-refractivity contribution in [2.24, 2.45) is 5.73 Å². The zero-order chi connectivity index (χ0) is 10.1. The fourth-order valence-electron chi connectivity index (χ4n) is 0.971. The highest BCUT2D eigenvalue weighted by Crippen LogP contribution is 2.23. The average molecular weight is 185 g/mol. The van der Waals surface area contributed by atoms with Gasteiger partial charge < -0.3 is 5.73 Å². The van der Waals surface area contributed by atoms with Gasteiger partial charge in [0.25, 0.3) is 0 Å². The molecule has 0 spiro atoms. The molecule has 0 aliphatic heterocycles. The molecule has 1 aliphatic rings. The zero-order valence-corrected chi connectivity index (χ0v) is 6.54. The van der Waals surface area contributed by atoms with Gasteiger partial charge in [-0.25, -0.2) is 0 Å².